The van der Waals surface area contributed by atoms with Crippen molar-refractivity contribution in [3.8, 4) is 11.1 Å². The first kappa shape index (κ1) is 19.0. The molecule has 0 spiro atoms. The van der Waals surface area contributed by atoms with E-state index in [1.807, 2.05) is 0 Å². The average molecular weight is 382 g/mol. The summed E-state index contributed by atoms with van der Waals surface area (Å²) in [7, 11) is 0. The van der Waals surface area contributed by atoms with Gasteiger partial charge in [-0.05, 0) is 13.0 Å². The molecule has 0 bridgehead atoms. The van der Waals surface area contributed by atoms with Crippen molar-refractivity contribution in [3.05, 3.63) is 40.2 Å². The molecule has 132 valence electrons. The summed E-state index contributed by atoms with van der Waals surface area (Å²) in [6, 6.07) is 7.04. The number of carboxylic acids is 1. The predicted octanol–water partition coefficient (Wildman–Crippen LogP) is 4.05. The van der Waals surface area contributed by atoms with Gasteiger partial charge < -0.3 is 15.2 Å². The van der Waals surface area contributed by atoms with Crippen molar-refractivity contribution >= 4 is 45.8 Å². The number of esters is 1. The van der Waals surface area contributed by atoms with E-state index in [0.29, 0.717) is 21.2 Å². The fraction of sp³-hybridized carbons (Fsp3) is 0.235. The van der Waals surface area contributed by atoms with Gasteiger partial charge in [-0.25, -0.2) is 4.79 Å². The van der Waals surface area contributed by atoms with E-state index in [9.17, 15) is 14.4 Å². The molecule has 25 heavy (non-hydrogen) atoms. The van der Waals surface area contributed by atoms with Crippen LogP contribution in [0.2, 0.25) is 5.02 Å². The maximum Gasteiger partial charge on any atom is 0.341 e. The SMILES string of the molecule is CCOC(=O)c1c(-c2ccccc2Cl)csc1NC(=O)CCC(=O)O. The number of ether oxygens (including phenoxy) is 1. The molecule has 6 nitrogen and oxygen atoms in total. The number of aliphatic carboxylic acids is 1. The van der Waals surface area contributed by atoms with Crippen LogP contribution < -0.4 is 5.32 Å². The van der Waals surface area contributed by atoms with Crippen LogP contribution in [0.4, 0.5) is 5.00 Å². The molecule has 1 aromatic carbocycles. The van der Waals surface area contributed by atoms with Gasteiger partial charge in [0.15, 0.2) is 0 Å². The van der Waals surface area contributed by atoms with E-state index in [0.717, 1.165) is 11.3 Å². The summed E-state index contributed by atoms with van der Waals surface area (Å²) < 4.78 is 5.09. The maximum absolute atomic E-state index is 12.4. The number of carboxylic acid groups (broad SMARTS) is 1. The smallest absolute Gasteiger partial charge is 0.341 e. The third-order valence-electron chi connectivity index (χ3n) is 3.25. The highest BCUT2D eigenvalue weighted by Gasteiger charge is 2.23. The van der Waals surface area contributed by atoms with E-state index in [-0.39, 0.29) is 25.0 Å². The summed E-state index contributed by atoms with van der Waals surface area (Å²) in [4.78, 5) is 34.9. The summed E-state index contributed by atoms with van der Waals surface area (Å²) in [6.45, 7) is 1.87. The molecular weight excluding hydrogens is 366 g/mol. The minimum atomic E-state index is -1.07. The number of nitrogens with one attached hydrogen (secondary N) is 1. The summed E-state index contributed by atoms with van der Waals surface area (Å²) in [5, 5.41) is 13.7. The summed E-state index contributed by atoms with van der Waals surface area (Å²) in [6.07, 6.45) is -0.472. The number of carbonyl (C=O) groups excluding carboxylic acids is 2. The Kier molecular flexibility index (Phi) is 6.55. The van der Waals surface area contributed by atoms with Crippen molar-refractivity contribution in [3.63, 3.8) is 0 Å². The van der Waals surface area contributed by atoms with Crippen molar-refractivity contribution in [2.45, 2.75) is 19.8 Å². The van der Waals surface area contributed by atoms with Gasteiger partial charge >= 0.3 is 11.9 Å². The molecule has 0 aliphatic rings. The molecule has 0 unspecified atom stereocenters. The zero-order valence-corrected chi connectivity index (χ0v) is 14.9. The van der Waals surface area contributed by atoms with Gasteiger partial charge in [0.05, 0.1) is 13.0 Å². The lowest BCUT2D eigenvalue weighted by Gasteiger charge is -2.09. The average Bonchev–Trinajstić information content (AvgIpc) is 2.97. The lowest BCUT2D eigenvalue weighted by molar-refractivity contribution is -0.138. The zero-order chi connectivity index (χ0) is 18.4. The fourth-order valence-corrected chi connectivity index (χ4v) is 3.35. The van der Waals surface area contributed by atoms with Gasteiger partial charge in [0, 0.05) is 28.0 Å². The number of benzene rings is 1. The molecule has 0 saturated heterocycles. The molecule has 0 radical (unpaired) electrons. The van der Waals surface area contributed by atoms with E-state index in [4.69, 9.17) is 21.4 Å². The molecule has 0 atom stereocenters. The number of hydrogen-bond donors (Lipinski definition) is 2. The zero-order valence-electron chi connectivity index (χ0n) is 13.4. The van der Waals surface area contributed by atoms with Crippen LogP contribution in [0, 0.1) is 0 Å². The summed E-state index contributed by atoms with van der Waals surface area (Å²) in [5.41, 5.74) is 1.42. The van der Waals surface area contributed by atoms with Gasteiger partial charge in [-0.1, -0.05) is 29.8 Å². The Balaban J connectivity index is 2.37. The third kappa shape index (κ3) is 4.80. The molecule has 1 aromatic heterocycles. The van der Waals surface area contributed by atoms with Gasteiger partial charge in [0.1, 0.15) is 10.6 Å². The van der Waals surface area contributed by atoms with E-state index in [2.05, 4.69) is 5.32 Å². The molecule has 1 heterocycles. The molecule has 2 aromatic rings. The number of anilines is 1. The number of hydrogen-bond acceptors (Lipinski definition) is 5. The van der Waals surface area contributed by atoms with Crippen LogP contribution in [-0.2, 0) is 14.3 Å². The van der Waals surface area contributed by atoms with Gasteiger partial charge in [0.25, 0.3) is 0 Å². The molecule has 0 fully saturated rings. The van der Waals surface area contributed by atoms with Crippen LogP contribution in [0.25, 0.3) is 11.1 Å². The van der Waals surface area contributed by atoms with Gasteiger partial charge in [-0.2, -0.15) is 0 Å². The Morgan fingerprint density at radius 2 is 1.92 bits per heavy atom. The second-order valence-corrected chi connectivity index (χ2v) is 6.28. The first-order valence-electron chi connectivity index (χ1n) is 7.49. The van der Waals surface area contributed by atoms with Crippen LogP contribution in [0.3, 0.4) is 0 Å². The summed E-state index contributed by atoms with van der Waals surface area (Å²) in [5.74, 6) is -2.13. The van der Waals surface area contributed by atoms with Crippen molar-refractivity contribution in [1.82, 2.24) is 0 Å². The highest BCUT2D eigenvalue weighted by molar-refractivity contribution is 7.15. The molecule has 0 aliphatic carbocycles. The molecule has 8 heteroatoms. The summed E-state index contributed by atoms with van der Waals surface area (Å²) >= 11 is 7.37. The Labute approximate surface area is 153 Å². The largest absolute Gasteiger partial charge is 0.481 e. The van der Waals surface area contributed by atoms with Crippen LogP contribution >= 0.6 is 22.9 Å². The minimum Gasteiger partial charge on any atom is -0.481 e. The Hall–Kier alpha value is -2.38. The standard InChI is InChI=1S/C17H16ClNO5S/c1-2-24-17(23)15-11(10-5-3-4-6-12(10)18)9-25-16(15)19-13(20)7-8-14(21)22/h3-6,9H,2,7-8H2,1H3,(H,19,20)(H,21,22). The number of thiophene rings is 1. The molecule has 0 saturated carbocycles. The number of amides is 1. The van der Waals surface area contributed by atoms with E-state index in [1.54, 1.807) is 36.6 Å². The van der Waals surface area contributed by atoms with Crippen molar-refractivity contribution < 1.29 is 24.2 Å². The lowest BCUT2D eigenvalue weighted by atomic mass is 10.0. The topological polar surface area (TPSA) is 92.7 Å². The number of carbonyl (C=O) groups is 3. The lowest BCUT2D eigenvalue weighted by Crippen LogP contribution is -2.15. The predicted molar refractivity (Wildman–Crippen MR) is 96.2 cm³/mol. The third-order valence-corrected chi connectivity index (χ3v) is 4.48. The van der Waals surface area contributed by atoms with Crippen molar-refractivity contribution in [2.24, 2.45) is 0 Å². The second kappa shape index (κ2) is 8.64. The molecule has 2 N–H and O–H groups in total. The Bertz CT molecular complexity index is 802. The second-order valence-electron chi connectivity index (χ2n) is 5.00. The molecule has 0 aliphatic heterocycles. The normalized spacial score (nSPS) is 10.3. The Morgan fingerprint density at radius 1 is 1.20 bits per heavy atom. The first-order valence-corrected chi connectivity index (χ1v) is 8.75. The van der Waals surface area contributed by atoms with Crippen LogP contribution in [0.15, 0.2) is 29.6 Å². The Morgan fingerprint density at radius 3 is 2.56 bits per heavy atom. The number of halogens is 1. The monoisotopic (exact) mass is 381 g/mol. The van der Waals surface area contributed by atoms with Crippen molar-refractivity contribution in [1.29, 1.82) is 0 Å². The van der Waals surface area contributed by atoms with E-state index < -0.39 is 17.8 Å². The molecule has 1 amide bonds. The van der Waals surface area contributed by atoms with Gasteiger partial charge in [-0.15, -0.1) is 11.3 Å². The minimum absolute atomic E-state index is 0.184. The van der Waals surface area contributed by atoms with Crippen LogP contribution in [-0.4, -0.2) is 29.6 Å². The van der Waals surface area contributed by atoms with Gasteiger partial charge in [0.2, 0.25) is 5.91 Å². The van der Waals surface area contributed by atoms with E-state index >= 15 is 0 Å². The fourth-order valence-electron chi connectivity index (χ4n) is 2.14. The van der Waals surface area contributed by atoms with E-state index in [1.165, 1.54) is 0 Å². The molecule has 2 rings (SSSR count). The number of rotatable bonds is 7. The highest BCUT2D eigenvalue weighted by Crippen LogP contribution is 2.39. The molecular formula is C17H16ClNO5S. The van der Waals surface area contributed by atoms with Gasteiger partial charge in [-0.3, -0.25) is 9.59 Å². The first-order chi connectivity index (χ1) is 11.9. The van der Waals surface area contributed by atoms with Crippen LogP contribution in [0.1, 0.15) is 30.1 Å². The van der Waals surface area contributed by atoms with Crippen LogP contribution in [0.5, 0.6) is 0 Å². The quantitative estimate of drug-likeness (QED) is 0.706. The maximum atomic E-state index is 12.4. The highest BCUT2D eigenvalue weighted by atomic mass is 35.5. The van der Waals surface area contributed by atoms with Crippen molar-refractivity contribution in [2.75, 3.05) is 11.9 Å².